The Kier molecular flexibility index (Phi) is 8.99. The normalized spacial score (nSPS) is 12.3. The number of aromatic nitrogens is 4. The molecule has 0 spiro atoms. The van der Waals surface area contributed by atoms with Gasteiger partial charge < -0.3 is 14.4 Å². The number of aromatic amines is 1. The molecule has 8 nitrogen and oxygen atoms in total. The van der Waals surface area contributed by atoms with Crippen LogP contribution in [0.3, 0.4) is 0 Å². The molecule has 0 aliphatic heterocycles. The summed E-state index contributed by atoms with van der Waals surface area (Å²) in [5.74, 6) is 1.53. The lowest BCUT2D eigenvalue weighted by molar-refractivity contribution is 0.0914. The Morgan fingerprint density at radius 3 is 2.59 bits per heavy atom. The third-order valence-electron chi connectivity index (χ3n) is 5.28. The fraction of sp³-hybridized carbons (Fsp3) is 0.522. The quantitative estimate of drug-likeness (QED) is 0.300. The Hall–Kier alpha value is -2.52. The minimum atomic E-state index is -0.849. The van der Waals surface area contributed by atoms with E-state index in [4.69, 9.17) is 4.74 Å². The first kappa shape index (κ1) is 24.1. The van der Waals surface area contributed by atoms with Crippen molar-refractivity contribution in [2.45, 2.75) is 63.3 Å². The summed E-state index contributed by atoms with van der Waals surface area (Å²) in [4.78, 5) is 31.5. The highest BCUT2D eigenvalue weighted by Gasteiger charge is 2.20. The number of aryl methyl sites for hydroxylation is 1. The Balaban J connectivity index is 1.74. The van der Waals surface area contributed by atoms with Crippen molar-refractivity contribution in [3.63, 3.8) is 0 Å². The molecule has 0 saturated carbocycles. The van der Waals surface area contributed by atoms with E-state index in [0.29, 0.717) is 16.6 Å². The summed E-state index contributed by atoms with van der Waals surface area (Å²) in [7, 11) is 1.58. The van der Waals surface area contributed by atoms with Crippen LogP contribution in [0.15, 0.2) is 45.1 Å². The summed E-state index contributed by atoms with van der Waals surface area (Å²) in [5, 5.41) is 11.2. The van der Waals surface area contributed by atoms with Gasteiger partial charge in [-0.2, -0.15) is 0 Å². The third kappa shape index (κ3) is 6.26. The van der Waals surface area contributed by atoms with Gasteiger partial charge >= 0.3 is 5.69 Å². The van der Waals surface area contributed by atoms with Crippen molar-refractivity contribution < 1.29 is 9.84 Å². The monoisotopic (exact) mass is 460 g/mol. The lowest BCUT2D eigenvalue weighted by Crippen LogP contribution is -2.30. The molecular formula is C23H32N4O4S. The highest BCUT2D eigenvalue weighted by Crippen LogP contribution is 2.23. The van der Waals surface area contributed by atoms with Gasteiger partial charge in [0.15, 0.2) is 16.3 Å². The summed E-state index contributed by atoms with van der Waals surface area (Å²) in [5.41, 5.74) is -0.401. The molecule has 9 heteroatoms. The molecule has 2 heterocycles. The molecule has 0 amide bonds. The van der Waals surface area contributed by atoms with Crippen LogP contribution < -0.4 is 16.0 Å². The van der Waals surface area contributed by atoms with Gasteiger partial charge in [0.1, 0.15) is 18.5 Å². The number of nitrogens with zero attached hydrogens (tertiary/aromatic N) is 3. The summed E-state index contributed by atoms with van der Waals surface area (Å²) in [6.45, 7) is 2.42. The van der Waals surface area contributed by atoms with E-state index in [2.05, 4.69) is 16.9 Å². The molecule has 0 fully saturated rings. The van der Waals surface area contributed by atoms with E-state index in [-0.39, 0.29) is 18.7 Å². The molecule has 0 radical (unpaired) electrons. The van der Waals surface area contributed by atoms with E-state index in [1.165, 1.54) is 30.3 Å². The Labute approximate surface area is 191 Å². The lowest BCUT2D eigenvalue weighted by atomic mass is 10.1. The number of aliphatic hydroxyl groups is 1. The van der Waals surface area contributed by atoms with Crippen molar-refractivity contribution in [1.82, 2.24) is 19.1 Å². The van der Waals surface area contributed by atoms with Crippen molar-refractivity contribution in [3.8, 4) is 5.75 Å². The third-order valence-corrected chi connectivity index (χ3v) is 6.34. The summed E-state index contributed by atoms with van der Waals surface area (Å²) in [6, 6.07) is 9.26. The average molecular weight is 461 g/mol. The maximum Gasteiger partial charge on any atom is 0.329 e. The summed E-state index contributed by atoms with van der Waals surface area (Å²) in [6.07, 6.45) is 6.31. The van der Waals surface area contributed by atoms with Crippen LogP contribution in [0, 0.1) is 0 Å². The van der Waals surface area contributed by atoms with Crippen LogP contribution in [-0.4, -0.2) is 42.7 Å². The number of H-pyrrole nitrogens is 1. The van der Waals surface area contributed by atoms with E-state index in [1.807, 2.05) is 30.3 Å². The number of hydrogen-bond donors (Lipinski definition) is 2. The van der Waals surface area contributed by atoms with Crippen molar-refractivity contribution in [3.05, 3.63) is 51.2 Å². The minimum Gasteiger partial charge on any atom is -0.491 e. The zero-order valence-electron chi connectivity index (χ0n) is 18.7. The molecule has 0 unspecified atom stereocenters. The predicted molar refractivity (Wildman–Crippen MR) is 128 cm³/mol. The van der Waals surface area contributed by atoms with Gasteiger partial charge in [-0.05, 0) is 18.6 Å². The molecule has 1 atom stereocenters. The van der Waals surface area contributed by atoms with Gasteiger partial charge in [-0.1, -0.05) is 69.0 Å². The SMILES string of the molecule is CCCCCCCCSc1nc2c(c(=O)[nH]c(=O)n2C)n1C[C@H](O)COc1ccccc1. The van der Waals surface area contributed by atoms with E-state index in [0.717, 1.165) is 18.6 Å². The number of imidazole rings is 1. The largest absolute Gasteiger partial charge is 0.491 e. The fourth-order valence-corrected chi connectivity index (χ4v) is 4.52. The molecule has 0 aliphatic carbocycles. The topological polar surface area (TPSA) is 102 Å². The number of nitrogens with one attached hydrogen (secondary N) is 1. The van der Waals surface area contributed by atoms with Crippen LogP contribution in [0.5, 0.6) is 5.75 Å². The van der Waals surface area contributed by atoms with Crippen LogP contribution >= 0.6 is 11.8 Å². The van der Waals surface area contributed by atoms with E-state index >= 15 is 0 Å². The molecule has 1 aromatic carbocycles. The average Bonchev–Trinajstić information content (AvgIpc) is 3.15. The summed E-state index contributed by atoms with van der Waals surface area (Å²) >= 11 is 1.55. The number of rotatable bonds is 13. The van der Waals surface area contributed by atoms with Gasteiger partial charge in [0.2, 0.25) is 0 Å². The number of benzene rings is 1. The molecule has 174 valence electrons. The Bertz CT molecular complexity index is 1110. The second kappa shape index (κ2) is 11.9. The van der Waals surface area contributed by atoms with Gasteiger partial charge in [0.05, 0.1) is 6.54 Å². The van der Waals surface area contributed by atoms with Crippen LogP contribution in [0.2, 0.25) is 0 Å². The number of ether oxygens (including phenoxy) is 1. The van der Waals surface area contributed by atoms with Crippen LogP contribution in [0.4, 0.5) is 0 Å². The Morgan fingerprint density at radius 2 is 1.84 bits per heavy atom. The number of fused-ring (bicyclic) bond motifs is 1. The molecule has 3 aromatic rings. The molecular weight excluding hydrogens is 428 g/mol. The summed E-state index contributed by atoms with van der Waals surface area (Å²) < 4.78 is 8.69. The number of para-hydroxylation sites is 1. The first-order valence-corrected chi connectivity index (χ1v) is 12.2. The second-order valence-corrected chi connectivity index (χ2v) is 8.95. The predicted octanol–water partition coefficient (Wildman–Crippen LogP) is 3.32. The molecule has 0 aliphatic rings. The zero-order valence-corrected chi connectivity index (χ0v) is 19.6. The van der Waals surface area contributed by atoms with Crippen LogP contribution in [-0.2, 0) is 13.6 Å². The fourth-order valence-electron chi connectivity index (χ4n) is 3.51. The maximum absolute atomic E-state index is 12.6. The van der Waals surface area contributed by atoms with Crippen molar-refractivity contribution >= 4 is 22.9 Å². The zero-order chi connectivity index (χ0) is 22.9. The first-order chi connectivity index (χ1) is 15.5. The molecule has 0 bridgehead atoms. The van der Waals surface area contributed by atoms with E-state index < -0.39 is 17.4 Å². The Morgan fingerprint density at radius 1 is 1.12 bits per heavy atom. The second-order valence-electron chi connectivity index (χ2n) is 7.89. The molecule has 3 rings (SSSR count). The van der Waals surface area contributed by atoms with Gasteiger partial charge in [-0.25, -0.2) is 9.78 Å². The number of thioether (sulfide) groups is 1. The lowest BCUT2D eigenvalue weighted by Gasteiger charge is -2.15. The molecule has 2 aromatic heterocycles. The van der Waals surface area contributed by atoms with Gasteiger partial charge in [-0.15, -0.1) is 0 Å². The molecule has 32 heavy (non-hydrogen) atoms. The minimum absolute atomic E-state index is 0.0783. The maximum atomic E-state index is 12.6. The van der Waals surface area contributed by atoms with Gasteiger partial charge in [-0.3, -0.25) is 14.3 Å². The molecule has 2 N–H and O–H groups in total. The number of aliphatic hydroxyl groups excluding tert-OH is 1. The van der Waals surface area contributed by atoms with E-state index in [1.54, 1.807) is 23.4 Å². The van der Waals surface area contributed by atoms with E-state index in [9.17, 15) is 14.7 Å². The van der Waals surface area contributed by atoms with Crippen LogP contribution in [0.1, 0.15) is 45.4 Å². The van der Waals surface area contributed by atoms with Gasteiger partial charge in [0.25, 0.3) is 5.56 Å². The smallest absolute Gasteiger partial charge is 0.329 e. The van der Waals surface area contributed by atoms with Crippen molar-refractivity contribution in [2.24, 2.45) is 7.05 Å². The highest BCUT2D eigenvalue weighted by atomic mass is 32.2. The number of unbranched alkanes of at least 4 members (excludes halogenated alkanes) is 5. The van der Waals surface area contributed by atoms with Crippen molar-refractivity contribution in [1.29, 1.82) is 0 Å². The highest BCUT2D eigenvalue weighted by molar-refractivity contribution is 7.99. The van der Waals surface area contributed by atoms with Crippen molar-refractivity contribution in [2.75, 3.05) is 12.4 Å². The first-order valence-electron chi connectivity index (χ1n) is 11.2. The number of hydrogen-bond acceptors (Lipinski definition) is 6. The molecule has 0 saturated heterocycles. The standard InChI is InChI=1S/C23H32N4O4S/c1-3-4-5-6-7-11-14-32-23-24-20-19(21(29)25-22(30)26(20)2)27(23)15-17(28)16-31-18-12-9-8-10-13-18/h8-10,12-13,17,28H,3-7,11,14-16H2,1-2H3,(H,25,29,30)/t17-/m0/s1. The van der Waals surface area contributed by atoms with Gasteiger partial charge in [0, 0.05) is 12.8 Å². The van der Waals surface area contributed by atoms with Crippen LogP contribution in [0.25, 0.3) is 11.2 Å².